The average molecular weight is 256 g/mol. The van der Waals surface area contributed by atoms with E-state index in [2.05, 4.69) is 0 Å². The topological polar surface area (TPSA) is 81.1 Å². The average Bonchev–Trinajstić information content (AvgIpc) is 2.82. The number of carbonyl (C=O) groups is 2. The largest absolute Gasteiger partial charge is 0.481 e. The molecule has 2 aliphatic heterocycles. The van der Waals surface area contributed by atoms with Crippen molar-refractivity contribution >= 4 is 12.0 Å². The van der Waals surface area contributed by atoms with Crippen molar-refractivity contribution in [2.24, 2.45) is 5.41 Å². The number of rotatable bonds is 1. The van der Waals surface area contributed by atoms with Crippen molar-refractivity contribution in [1.82, 2.24) is 9.80 Å². The van der Waals surface area contributed by atoms with Crippen LogP contribution < -0.4 is 0 Å². The third-order valence-electron chi connectivity index (χ3n) is 3.98. The van der Waals surface area contributed by atoms with Crippen molar-refractivity contribution in [3.05, 3.63) is 0 Å². The minimum absolute atomic E-state index is 0.155. The van der Waals surface area contributed by atoms with Crippen LogP contribution in [0.2, 0.25) is 0 Å². The first-order chi connectivity index (χ1) is 8.23. The molecule has 2 fully saturated rings. The monoisotopic (exact) mass is 256 g/mol. The second-order valence-electron chi connectivity index (χ2n) is 5.99. The molecule has 2 saturated heterocycles. The van der Waals surface area contributed by atoms with Crippen molar-refractivity contribution in [1.29, 1.82) is 0 Å². The summed E-state index contributed by atoms with van der Waals surface area (Å²) >= 11 is 0. The molecule has 2 amide bonds. The minimum Gasteiger partial charge on any atom is -0.481 e. The standard InChI is InChI=1S/C12H20N2O4/c1-11(9(15)16)3-5-13(7-11)10(17)14-6-4-12(2,18)8-14/h18H,3-8H2,1-2H3,(H,15,16). The van der Waals surface area contributed by atoms with Gasteiger partial charge in [0.2, 0.25) is 0 Å². The maximum absolute atomic E-state index is 12.2. The van der Waals surface area contributed by atoms with Crippen LogP contribution in [0.15, 0.2) is 0 Å². The van der Waals surface area contributed by atoms with Gasteiger partial charge in [0.05, 0.1) is 17.6 Å². The molecule has 2 rings (SSSR count). The highest BCUT2D eigenvalue weighted by atomic mass is 16.4. The Morgan fingerprint density at radius 3 is 2.06 bits per heavy atom. The van der Waals surface area contributed by atoms with E-state index in [-0.39, 0.29) is 12.6 Å². The van der Waals surface area contributed by atoms with Gasteiger partial charge in [0, 0.05) is 19.6 Å². The van der Waals surface area contributed by atoms with E-state index >= 15 is 0 Å². The fourth-order valence-electron chi connectivity index (χ4n) is 2.61. The Morgan fingerprint density at radius 2 is 1.61 bits per heavy atom. The fourth-order valence-corrected chi connectivity index (χ4v) is 2.61. The normalized spacial score (nSPS) is 36.2. The summed E-state index contributed by atoms with van der Waals surface area (Å²) in [6.07, 6.45) is 1.06. The Hall–Kier alpha value is -1.30. The molecule has 0 radical (unpaired) electrons. The van der Waals surface area contributed by atoms with Crippen LogP contribution in [0.4, 0.5) is 4.79 Å². The lowest BCUT2D eigenvalue weighted by Gasteiger charge is -2.26. The fraction of sp³-hybridized carbons (Fsp3) is 0.833. The van der Waals surface area contributed by atoms with E-state index in [1.165, 1.54) is 0 Å². The molecule has 18 heavy (non-hydrogen) atoms. The van der Waals surface area contributed by atoms with Gasteiger partial charge in [-0.3, -0.25) is 4.79 Å². The van der Waals surface area contributed by atoms with Gasteiger partial charge in [-0.15, -0.1) is 0 Å². The molecule has 0 spiro atoms. The third-order valence-corrected chi connectivity index (χ3v) is 3.98. The summed E-state index contributed by atoms with van der Waals surface area (Å²) in [7, 11) is 0. The molecule has 0 aliphatic carbocycles. The number of β-amino-alcohol motifs (C(OH)–C–C–N with tert-alkyl or cyclic N) is 1. The minimum atomic E-state index is -0.855. The van der Waals surface area contributed by atoms with Gasteiger partial charge in [-0.2, -0.15) is 0 Å². The smallest absolute Gasteiger partial charge is 0.320 e. The third kappa shape index (κ3) is 2.29. The van der Waals surface area contributed by atoms with E-state index in [1.54, 1.807) is 23.6 Å². The summed E-state index contributed by atoms with van der Waals surface area (Å²) in [6, 6.07) is -0.155. The molecule has 2 heterocycles. The number of carboxylic acid groups (broad SMARTS) is 1. The Balaban J connectivity index is 1.98. The maximum Gasteiger partial charge on any atom is 0.320 e. The van der Waals surface area contributed by atoms with Gasteiger partial charge in [-0.25, -0.2) is 4.79 Å². The lowest BCUT2D eigenvalue weighted by Crippen LogP contribution is -2.44. The molecule has 2 N–H and O–H groups in total. The molecule has 2 atom stereocenters. The molecule has 0 bridgehead atoms. The molecule has 0 saturated carbocycles. The van der Waals surface area contributed by atoms with Crippen molar-refractivity contribution in [2.45, 2.75) is 32.3 Å². The maximum atomic E-state index is 12.2. The van der Waals surface area contributed by atoms with E-state index in [9.17, 15) is 14.7 Å². The van der Waals surface area contributed by atoms with Crippen LogP contribution in [-0.2, 0) is 4.79 Å². The van der Waals surface area contributed by atoms with E-state index in [1.807, 2.05) is 0 Å². The number of hydrogen-bond acceptors (Lipinski definition) is 3. The van der Waals surface area contributed by atoms with Gasteiger partial charge in [-0.05, 0) is 26.7 Å². The second kappa shape index (κ2) is 4.12. The SMILES string of the molecule is CC1(O)CCN(C(=O)N2CCC(C)(C(=O)O)C2)C1. The summed E-state index contributed by atoms with van der Waals surface area (Å²) in [5, 5.41) is 19.0. The lowest BCUT2D eigenvalue weighted by molar-refractivity contribution is -0.147. The molecule has 2 unspecified atom stereocenters. The number of carbonyl (C=O) groups excluding carboxylic acids is 1. The zero-order valence-corrected chi connectivity index (χ0v) is 10.8. The van der Waals surface area contributed by atoms with Gasteiger partial charge >= 0.3 is 12.0 Å². The van der Waals surface area contributed by atoms with Crippen molar-refractivity contribution in [3.8, 4) is 0 Å². The Bertz CT molecular complexity index is 382. The predicted octanol–water partition coefficient (Wildman–Crippen LogP) is 0.360. The zero-order valence-electron chi connectivity index (χ0n) is 10.8. The predicted molar refractivity (Wildman–Crippen MR) is 64.1 cm³/mol. The highest BCUT2D eigenvalue weighted by molar-refractivity contribution is 5.79. The van der Waals surface area contributed by atoms with E-state index < -0.39 is 17.0 Å². The summed E-state index contributed by atoms with van der Waals surface area (Å²) in [5.74, 6) is -0.855. The molecule has 0 aromatic rings. The van der Waals surface area contributed by atoms with Gasteiger partial charge in [-0.1, -0.05) is 0 Å². The lowest BCUT2D eigenvalue weighted by atomic mass is 9.90. The molecule has 6 nitrogen and oxygen atoms in total. The number of aliphatic hydroxyl groups is 1. The number of hydrogen-bond donors (Lipinski definition) is 2. The number of urea groups is 1. The van der Waals surface area contributed by atoms with Gasteiger partial charge < -0.3 is 20.0 Å². The Morgan fingerprint density at radius 1 is 1.06 bits per heavy atom. The molecule has 0 aromatic carbocycles. The van der Waals surface area contributed by atoms with Crippen molar-refractivity contribution in [3.63, 3.8) is 0 Å². The van der Waals surface area contributed by atoms with Crippen LogP contribution in [0.3, 0.4) is 0 Å². The number of aliphatic carboxylic acids is 1. The Labute approximate surface area is 106 Å². The van der Waals surface area contributed by atoms with Gasteiger partial charge in [0.1, 0.15) is 0 Å². The van der Waals surface area contributed by atoms with E-state index in [4.69, 9.17) is 5.11 Å². The summed E-state index contributed by atoms with van der Waals surface area (Å²) in [4.78, 5) is 26.5. The first-order valence-electron chi connectivity index (χ1n) is 6.23. The highest BCUT2D eigenvalue weighted by Crippen LogP contribution is 2.31. The molecule has 6 heteroatoms. The van der Waals surface area contributed by atoms with Crippen molar-refractivity contribution < 1.29 is 19.8 Å². The molecule has 0 aromatic heterocycles. The van der Waals surface area contributed by atoms with Crippen LogP contribution >= 0.6 is 0 Å². The summed E-state index contributed by atoms with van der Waals surface area (Å²) in [5.41, 5.74) is -1.65. The summed E-state index contributed by atoms with van der Waals surface area (Å²) < 4.78 is 0. The molecule has 2 aliphatic rings. The zero-order chi connectivity index (χ0) is 13.6. The number of carboxylic acids is 1. The highest BCUT2D eigenvalue weighted by Gasteiger charge is 2.44. The van der Waals surface area contributed by atoms with Crippen LogP contribution in [0.5, 0.6) is 0 Å². The number of amides is 2. The van der Waals surface area contributed by atoms with Crippen LogP contribution in [0.1, 0.15) is 26.7 Å². The second-order valence-corrected chi connectivity index (χ2v) is 5.99. The molecular weight excluding hydrogens is 236 g/mol. The quantitative estimate of drug-likeness (QED) is 0.709. The van der Waals surface area contributed by atoms with Gasteiger partial charge in [0.25, 0.3) is 0 Å². The van der Waals surface area contributed by atoms with Crippen LogP contribution in [0.25, 0.3) is 0 Å². The molecular formula is C12H20N2O4. The number of nitrogens with zero attached hydrogens (tertiary/aromatic N) is 2. The van der Waals surface area contributed by atoms with Crippen LogP contribution in [-0.4, -0.2) is 63.8 Å². The molecule has 102 valence electrons. The summed E-state index contributed by atoms with van der Waals surface area (Å²) in [6.45, 7) is 4.96. The Kier molecular flexibility index (Phi) is 3.01. The van der Waals surface area contributed by atoms with E-state index in [0.29, 0.717) is 32.5 Å². The van der Waals surface area contributed by atoms with Crippen molar-refractivity contribution in [2.75, 3.05) is 26.2 Å². The van der Waals surface area contributed by atoms with E-state index in [0.717, 1.165) is 0 Å². The van der Waals surface area contributed by atoms with Crippen LogP contribution in [0, 0.1) is 5.41 Å². The van der Waals surface area contributed by atoms with Gasteiger partial charge in [0.15, 0.2) is 0 Å². The first-order valence-corrected chi connectivity index (χ1v) is 6.23. The first kappa shape index (κ1) is 13.1. The number of likely N-dealkylation sites (tertiary alicyclic amines) is 2.